The van der Waals surface area contributed by atoms with Gasteiger partial charge in [-0.2, -0.15) is 0 Å². The molecule has 0 saturated carbocycles. The fraction of sp³-hybridized carbons (Fsp3) is 0.200. The van der Waals surface area contributed by atoms with Crippen molar-refractivity contribution >= 4 is 16.9 Å². The van der Waals surface area contributed by atoms with Crippen LogP contribution in [0.25, 0.3) is 11.0 Å². The molecule has 1 aliphatic rings. The Bertz CT molecular complexity index is 1590. The van der Waals surface area contributed by atoms with Crippen LogP contribution in [0.15, 0.2) is 76.5 Å². The first kappa shape index (κ1) is 24.3. The molecule has 188 valence electrons. The van der Waals surface area contributed by atoms with Gasteiger partial charge in [0, 0.05) is 6.54 Å². The molecular formula is C30H26FNO5. The van der Waals surface area contributed by atoms with Gasteiger partial charge in [0.15, 0.2) is 16.9 Å². The molecule has 4 aromatic rings. The Morgan fingerprint density at radius 1 is 1.05 bits per heavy atom. The molecular weight excluding hydrogens is 473 g/mol. The first-order chi connectivity index (χ1) is 17.8. The van der Waals surface area contributed by atoms with E-state index in [2.05, 4.69) is 6.58 Å². The molecule has 1 atom stereocenters. The Kier molecular flexibility index (Phi) is 6.29. The van der Waals surface area contributed by atoms with E-state index in [1.54, 1.807) is 47.4 Å². The minimum Gasteiger partial charge on any atom is -0.493 e. The monoisotopic (exact) mass is 499 g/mol. The van der Waals surface area contributed by atoms with Gasteiger partial charge in [-0.25, -0.2) is 4.39 Å². The highest BCUT2D eigenvalue weighted by molar-refractivity contribution is 5.99. The second-order valence-corrected chi connectivity index (χ2v) is 9.10. The second-order valence-electron chi connectivity index (χ2n) is 9.10. The van der Waals surface area contributed by atoms with E-state index in [1.807, 2.05) is 19.9 Å². The quantitative estimate of drug-likeness (QED) is 0.298. The molecule has 0 N–H and O–H groups in total. The highest BCUT2D eigenvalue weighted by atomic mass is 19.1. The molecule has 0 aliphatic carbocycles. The minimum atomic E-state index is -0.740. The topological polar surface area (TPSA) is 69.0 Å². The van der Waals surface area contributed by atoms with Crippen molar-refractivity contribution < 1.29 is 23.1 Å². The minimum absolute atomic E-state index is 0.0144. The number of hydrogen-bond donors (Lipinski definition) is 0. The number of carbonyl (C=O) groups excluding carboxylic acids is 1. The molecule has 0 spiro atoms. The first-order valence-corrected chi connectivity index (χ1v) is 11.9. The molecule has 1 aromatic heterocycles. The molecule has 6 nitrogen and oxygen atoms in total. The summed E-state index contributed by atoms with van der Waals surface area (Å²) in [6.45, 7) is 7.88. The number of halogens is 1. The SMILES string of the molecule is C=CCOc1ccc(C2c3c(oc4cc(C)cc(C)c4c3=O)C(=O)N2Cc2ccc(F)cc2)cc1OC. The van der Waals surface area contributed by atoms with Gasteiger partial charge in [0.1, 0.15) is 18.0 Å². The van der Waals surface area contributed by atoms with Crippen LogP contribution < -0.4 is 14.9 Å². The van der Waals surface area contributed by atoms with Crippen molar-refractivity contribution in [3.8, 4) is 11.5 Å². The van der Waals surface area contributed by atoms with Gasteiger partial charge in [0.2, 0.25) is 5.76 Å². The van der Waals surface area contributed by atoms with Crippen LogP contribution in [-0.4, -0.2) is 24.5 Å². The number of amides is 1. The smallest absolute Gasteiger partial charge is 0.291 e. The fourth-order valence-corrected chi connectivity index (χ4v) is 4.93. The highest BCUT2D eigenvalue weighted by Crippen LogP contribution is 2.42. The van der Waals surface area contributed by atoms with Crippen LogP contribution in [-0.2, 0) is 6.54 Å². The van der Waals surface area contributed by atoms with Crippen LogP contribution >= 0.6 is 0 Å². The largest absolute Gasteiger partial charge is 0.493 e. The zero-order valence-electron chi connectivity index (χ0n) is 20.8. The highest BCUT2D eigenvalue weighted by Gasteiger charge is 2.43. The molecule has 7 heteroatoms. The summed E-state index contributed by atoms with van der Waals surface area (Å²) < 4.78 is 30.9. The van der Waals surface area contributed by atoms with Crippen molar-refractivity contribution in [3.05, 3.63) is 117 Å². The third kappa shape index (κ3) is 4.27. The molecule has 0 bridgehead atoms. The van der Waals surface area contributed by atoms with Crippen molar-refractivity contribution in [2.45, 2.75) is 26.4 Å². The predicted molar refractivity (Wildman–Crippen MR) is 139 cm³/mol. The second kappa shape index (κ2) is 9.58. The van der Waals surface area contributed by atoms with E-state index in [9.17, 15) is 14.0 Å². The van der Waals surface area contributed by atoms with Crippen LogP contribution in [0.2, 0.25) is 0 Å². The third-order valence-corrected chi connectivity index (χ3v) is 6.54. The van der Waals surface area contributed by atoms with E-state index in [4.69, 9.17) is 13.9 Å². The summed E-state index contributed by atoms with van der Waals surface area (Å²) in [5, 5.41) is 0.448. The Labute approximate surface area is 213 Å². The van der Waals surface area contributed by atoms with Gasteiger partial charge in [0.05, 0.1) is 24.1 Å². The maximum atomic E-state index is 13.9. The summed E-state index contributed by atoms with van der Waals surface area (Å²) in [7, 11) is 1.53. The van der Waals surface area contributed by atoms with Crippen molar-refractivity contribution in [1.29, 1.82) is 0 Å². The molecule has 1 unspecified atom stereocenters. The van der Waals surface area contributed by atoms with Crippen LogP contribution in [0.4, 0.5) is 4.39 Å². The lowest BCUT2D eigenvalue weighted by Gasteiger charge is -2.26. The number of benzene rings is 3. The van der Waals surface area contributed by atoms with Crippen LogP contribution in [0, 0.1) is 19.7 Å². The van der Waals surface area contributed by atoms with Crippen LogP contribution in [0.5, 0.6) is 11.5 Å². The summed E-state index contributed by atoms with van der Waals surface area (Å²) in [6.07, 6.45) is 1.63. The number of ether oxygens (including phenoxy) is 2. The molecule has 0 fully saturated rings. The number of aryl methyl sites for hydroxylation is 2. The zero-order chi connectivity index (χ0) is 26.3. The Hall–Kier alpha value is -4.39. The van der Waals surface area contributed by atoms with Crippen molar-refractivity contribution in [1.82, 2.24) is 4.90 Å². The number of methoxy groups -OCH3 is 1. The first-order valence-electron chi connectivity index (χ1n) is 11.9. The van der Waals surface area contributed by atoms with Crippen molar-refractivity contribution in [3.63, 3.8) is 0 Å². The number of carbonyl (C=O) groups is 1. The summed E-state index contributed by atoms with van der Waals surface area (Å²) >= 11 is 0. The van der Waals surface area contributed by atoms with Gasteiger partial charge >= 0.3 is 0 Å². The van der Waals surface area contributed by atoms with E-state index >= 15 is 0 Å². The molecule has 2 heterocycles. The summed E-state index contributed by atoms with van der Waals surface area (Å²) in [5.41, 5.74) is 3.48. The normalized spacial score (nSPS) is 14.6. The number of fused-ring (bicyclic) bond motifs is 2. The van der Waals surface area contributed by atoms with Crippen molar-refractivity contribution in [2.75, 3.05) is 13.7 Å². The number of rotatable bonds is 7. The summed E-state index contributed by atoms with van der Waals surface area (Å²) in [4.78, 5) is 29.2. The standard InChI is InChI=1S/C30H26FNO5/c1-5-12-36-22-11-8-20(15-23(22)35-4)27-26-28(33)25-18(3)13-17(2)14-24(25)37-29(26)30(34)32(27)16-19-6-9-21(31)10-7-19/h5-11,13-15,27H,1,12,16H2,2-4H3. The van der Waals surface area contributed by atoms with Gasteiger partial charge in [-0.3, -0.25) is 9.59 Å². The molecule has 0 saturated heterocycles. The van der Waals surface area contributed by atoms with Crippen molar-refractivity contribution in [2.24, 2.45) is 0 Å². The lowest BCUT2D eigenvalue weighted by atomic mass is 9.96. The van der Waals surface area contributed by atoms with Gasteiger partial charge in [0.25, 0.3) is 5.91 Å². The van der Waals surface area contributed by atoms with Gasteiger partial charge < -0.3 is 18.8 Å². The summed E-state index contributed by atoms with van der Waals surface area (Å²) in [5.74, 6) is 0.204. The Morgan fingerprint density at radius 3 is 2.51 bits per heavy atom. The maximum Gasteiger partial charge on any atom is 0.291 e. The van der Waals surface area contributed by atoms with Gasteiger partial charge in [-0.1, -0.05) is 36.9 Å². The molecule has 0 radical (unpaired) electrons. The van der Waals surface area contributed by atoms with E-state index in [-0.39, 0.29) is 29.1 Å². The molecule has 5 rings (SSSR count). The maximum absolute atomic E-state index is 13.9. The number of hydrogen-bond acceptors (Lipinski definition) is 5. The lowest BCUT2D eigenvalue weighted by molar-refractivity contribution is 0.0714. The lowest BCUT2D eigenvalue weighted by Crippen LogP contribution is -2.29. The van der Waals surface area contributed by atoms with E-state index < -0.39 is 11.9 Å². The van der Waals surface area contributed by atoms with E-state index in [1.165, 1.54) is 19.2 Å². The molecule has 1 aliphatic heterocycles. The third-order valence-electron chi connectivity index (χ3n) is 6.54. The Morgan fingerprint density at radius 2 is 1.81 bits per heavy atom. The van der Waals surface area contributed by atoms with Crippen LogP contribution in [0.3, 0.4) is 0 Å². The van der Waals surface area contributed by atoms with E-state index in [0.29, 0.717) is 34.6 Å². The van der Waals surface area contributed by atoms with Crippen LogP contribution in [0.1, 0.15) is 44.4 Å². The fourth-order valence-electron chi connectivity index (χ4n) is 4.93. The average molecular weight is 500 g/mol. The zero-order valence-corrected chi connectivity index (χ0v) is 20.8. The Balaban J connectivity index is 1.72. The van der Waals surface area contributed by atoms with Gasteiger partial charge in [-0.05, 0) is 66.4 Å². The average Bonchev–Trinajstić information content (AvgIpc) is 3.15. The molecule has 37 heavy (non-hydrogen) atoms. The molecule has 3 aromatic carbocycles. The van der Waals surface area contributed by atoms with E-state index in [0.717, 1.165) is 16.7 Å². The summed E-state index contributed by atoms with van der Waals surface area (Å²) in [6, 6.07) is 14.2. The van der Waals surface area contributed by atoms with Gasteiger partial charge in [-0.15, -0.1) is 0 Å². The molecule has 1 amide bonds. The number of nitrogens with zero attached hydrogens (tertiary/aromatic N) is 1. The predicted octanol–water partition coefficient (Wildman–Crippen LogP) is 5.87.